The van der Waals surface area contributed by atoms with Crippen LogP contribution in [0.15, 0.2) is 42.5 Å². The summed E-state index contributed by atoms with van der Waals surface area (Å²) in [7, 11) is 0. The number of hydrogen-bond acceptors (Lipinski definition) is 0. The normalized spacial score (nSPS) is 11.7. The minimum atomic E-state index is -0.418. The highest BCUT2D eigenvalue weighted by Crippen LogP contribution is 2.34. The van der Waals surface area contributed by atoms with Crippen molar-refractivity contribution in [2.45, 2.75) is 18.8 Å². The molecule has 0 radical (unpaired) electrons. The van der Waals surface area contributed by atoms with Crippen molar-refractivity contribution in [3.05, 3.63) is 70.0 Å². The monoisotopic (exact) mass is 344 g/mol. The highest BCUT2D eigenvalue weighted by atomic mass is 35.5. The summed E-state index contributed by atoms with van der Waals surface area (Å²) in [6, 6.07) is 12.6. The molecule has 0 heterocycles. The first kappa shape index (κ1) is 16.6. The van der Waals surface area contributed by atoms with E-state index < -0.39 is 5.41 Å². The van der Waals surface area contributed by atoms with Crippen molar-refractivity contribution < 1.29 is 4.39 Å². The molecule has 4 heteroatoms. The fraction of sp³-hybridized carbons (Fsp3) is 0.294. The van der Waals surface area contributed by atoms with E-state index in [0.717, 1.165) is 11.1 Å². The summed E-state index contributed by atoms with van der Waals surface area (Å²) in [6.07, 6.45) is 0.572. The molecule has 112 valence electrons. The highest BCUT2D eigenvalue weighted by Gasteiger charge is 2.31. The molecule has 0 spiro atoms. The first-order valence-corrected chi connectivity index (χ1v) is 8.08. The van der Waals surface area contributed by atoms with Gasteiger partial charge in [0, 0.05) is 22.2 Å². The molecule has 0 aromatic heterocycles. The lowest BCUT2D eigenvalue weighted by molar-refractivity contribution is 0.535. The Morgan fingerprint density at radius 3 is 2.14 bits per heavy atom. The lowest BCUT2D eigenvalue weighted by atomic mass is 9.78. The van der Waals surface area contributed by atoms with Crippen LogP contribution >= 0.6 is 34.8 Å². The molecule has 0 aliphatic rings. The Kier molecular flexibility index (Phi) is 5.54. The third-order valence-electron chi connectivity index (χ3n) is 3.72. The summed E-state index contributed by atoms with van der Waals surface area (Å²) in [6.45, 7) is 2.03. The zero-order valence-electron chi connectivity index (χ0n) is 11.7. The average Bonchev–Trinajstić information content (AvgIpc) is 2.48. The Bertz CT molecular complexity index is 604. The van der Waals surface area contributed by atoms with Gasteiger partial charge >= 0.3 is 0 Å². The van der Waals surface area contributed by atoms with Gasteiger partial charge in [-0.2, -0.15) is 0 Å². The van der Waals surface area contributed by atoms with Crippen molar-refractivity contribution in [2.75, 3.05) is 11.8 Å². The largest absolute Gasteiger partial charge is 0.207 e. The lowest BCUT2D eigenvalue weighted by Gasteiger charge is -2.31. The topological polar surface area (TPSA) is 0 Å². The zero-order valence-corrected chi connectivity index (χ0v) is 13.9. The quantitative estimate of drug-likeness (QED) is 0.606. The van der Waals surface area contributed by atoms with Crippen LogP contribution in [0.25, 0.3) is 0 Å². The summed E-state index contributed by atoms with van der Waals surface area (Å²) in [4.78, 5) is 0. The van der Waals surface area contributed by atoms with E-state index in [1.807, 2.05) is 31.2 Å². The average molecular weight is 346 g/mol. The summed E-state index contributed by atoms with van der Waals surface area (Å²) in [5.41, 5.74) is 2.67. The number of rotatable bonds is 5. The molecule has 2 aromatic rings. The third kappa shape index (κ3) is 3.71. The maximum Gasteiger partial charge on any atom is 0.124 e. The first-order valence-electron chi connectivity index (χ1n) is 6.64. The second kappa shape index (κ2) is 7.00. The standard InChI is InChI=1S/C17H16Cl3F/c1-12-2-5-14(6-3-12)17(10-18,11-19)9-13-4-7-15(21)8-16(13)20/h2-8H,9-11H2,1H3. The van der Waals surface area contributed by atoms with E-state index in [1.165, 1.54) is 17.7 Å². The maximum atomic E-state index is 13.2. The van der Waals surface area contributed by atoms with Crippen LogP contribution in [0.2, 0.25) is 5.02 Å². The van der Waals surface area contributed by atoms with Crippen molar-refractivity contribution >= 4 is 34.8 Å². The van der Waals surface area contributed by atoms with Crippen molar-refractivity contribution in [1.82, 2.24) is 0 Å². The van der Waals surface area contributed by atoms with Crippen molar-refractivity contribution in [2.24, 2.45) is 0 Å². The fourth-order valence-electron chi connectivity index (χ4n) is 2.32. The van der Waals surface area contributed by atoms with Gasteiger partial charge in [-0.25, -0.2) is 4.39 Å². The van der Waals surface area contributed by atoms with Gasteiger partial charge < -0.3 is 0 Å². The van der Waals surface area contributed by atoms with Gasteiger partial charge in [-0.15, -0.1) is 23.2 Å². The molecule has 0 bridgehead atoms. The highest BCUT2D eigenvalue weighted by molar-refractivity contribution is 6.31. The van der Waals surface area contributed by atoms with E-state index >= 15 is 0 Å². The van der Waals surface area contributed by atoms with Gasteiger partial charge in [0.2, 0.25) is 0 Å². The molecule has 0 N–H and O–H groups in total. The second-order valence-corrected chi connectivity index (χ2v) is 6.27. The van der Waals surface area contributed by atoms with Crippen LogP contribution in [0, 0.1) is 12.7 Å². The molecule has 0 amide bonds. The fourth-order valence-corrected chi connectivity index (χ4v) is 3.34. The SMILES string of the molecule is Cc1ccc(C(CCl)(CCl)Cc2ccc(F)cc2Cl)cc1. The Morgan fingerprint density at radius 2 is 1.62 bits per heavy atom. The smallest absolute Gasteiger partial charge is 0.124 e. The van der Waals surface area contributed by atoms with E-state index in [9.17, 15) is 4.39 Å². The van der Waals surface area contributed by atoms with Crippen LogP contribution in [-0.4, -0.2) is 11.8 Å². The van der Waals surface area contributed by atoms with Crippen LogP contribution in [0.1, 0.15) is 16.7 Å². The lowest BCUT2D eigenvalue weighted by Crippen LogP contribution is -2.33. The molecule has 0 saturated carbocycles. The van der Waals surface area contributed by atoms with E-state index in [-0.39, 0.29) is 5.82 Å². The van der Waals surface area contributed by atoms with E-state index in [1.54, 1.807) is 6.07 Å². The molecule has 0 aliphatic carbocycles. The number of benzene rings is 2. The van der Waals surface area contributed by atoms with E-state index in [0.29, 0.717) is 23.2 Å². The van der Waals surface area contributed by atoms with Crippen molar-refractivity contribution in [3.63, 3.8) is 0 Å². The Labute approximate surface area is 139 Å². The Balaban J connectivity index is 2.40. The molecule has 0 fully saturated rings. The molecule has 0 atom stereocenters. The number of alkyl halides is 2. The van der Waals surface area contributed by atoms with Gasteiger partial charge in [0.25, 0.3) is 0 Å². The molecular formula is C17H16Cl3F. The molecule has 0 unspecified atom stereocenters. The number of aryl methyl sites for hydroxylation is 1. The van der Waals surface area contributed by atoms with E-state index in [2.05, 4.69) is 0 Å². The molecule has 2 aromatic carbocycles. The van der Waals surface area contributed by atoms with Gasteiger partial charge in [0.05, 0.1) is 0 Å². The number of hydrogen-bond donors (Lipinski definition) is 0. The second-order valence-electron chi connectivity index (χ2n) is 5.33. The van der Waals surface area contributed by atoms with Crippen LogP contribution in [0.4, 0.5) is 4.39 Å². The maximum absolute atomic E-state index is 13.2. The van der Waals surface area contributed by atoms with Crippen molar-refractivity contribution in [1.29, 1.82) is 0 Å². The number of halogens is 4. The Hall–Kier alpha value is -0.760. The van der Waals surface area contributed by atoms with Crippen molar-refractivity contribution in [3.8, 4) is 0 Å². The van der Waals surface area contributed by atoms with Crippen LogP contribution in [-0.2, 0) is 11.8 Å². The molecule has 2 rings (SSSR count). The Morgan fingerprint density at radius 1 is 1.00 bits per heavy atom. The third-order valence-corrected chi connectivity index (χ3v) is 5.09. The molecular weight excluding hydrogens is 330 g/mol. The van der Waals surface area contributed by atoms with Gasteiger partial charge in [-0.3, -0.25) is 0 Å². The summed E-state index contributed by atoms with van der Waals surface area (Å²) < 4.78 is 13.2. The van der Waals surface area contributed by atoms with Gasteiger partial charge in [0.15, 0.2) is 0 Å². The molecule has 21 heavy (non-hydrogen) atoms. The van der Waals surface area contributed by atoms with Crippen LogP contribution < -0.4 is 0 Å². The molecule has 0 aliphatic heterocycles. The summed E-state index contributed by atoms with van der Waals surface area (Å²) >= 11 is 18.6. The van der Waals surface area contributed by atoms with Gasteiger partial charge in [-0.05, 0) is 36.6 Å². The van der Waals surface area contributed by atoms with Gasteiger partial charge in [-0.1, -0.05) is 47.5 Å². The predicted octanol–water partition coefficient (Wildman–Crippen LogP) is 5.75. The summed E-state index contributed by atoms with van der Waals surface area (Å²) in [5, 5.41) is 0.404. The zero-order chi connectivity index (χ0) is 15.5. The minimum Gasteiger partial charge on any atom is -0.207 e. The summed E-state index contributed by atoms with van der Waals surface area (Å²) in [5.74, 6) is 0.391. The molecule has 0 nitrogen and oxygen atoms in total. The molecule has 0 saturated heterocycles. The van der Waals surface area contributed by atoms with Crippen LogP contribution in [0.5, 0.6) is 0 Å². The van der Waals surface area contributed by atoms with E-state index in [4.69, 9.17) is 34.8 Å². The first-order chi connectivity index (χ1) is 10.0. The minimum absolute atomic E-state index is 0.346. The van der Waals surface area contributed by atoms with Crippen LogP contribution in [0.3, 0.4) is 0 Å². The van der Waals surface area contributed by atoms with Gasteiger partial charge in [0.1, 0.15) is 5.82 Å². The predicted molar refractivity (Wildman–Crippen MR) is 89.4 cm³/mol.